The fraction of sp³-hybridized carbons (Fsp3) is 0.444. The third-order valence-electron chi connectivity index (χ3n) is 4.82. The standard InChI is InChI=1S/C18H21N5O5/c1-3-27-13(24)11-23-16(25)14-15(20(2)18(23)26)19-17-21(7-5-8-22(14)17)10-12-6-4-9-28-12/h4,6,9H,3,5,7-8,10-11H2,1-2H3. The van der Waals surface area contributed by atoms with Crippen molar-refractivity contribution in [2.24, 2.45) is 7.05 Å². The number of imidazole rings is 1. The molecule has 0 spiro atoms. The molecule has 0 aliphatic carbocycles. The SMILES string of the molecule is CCOC(=O)Cn1c(=O)c2c(nc3n2CCCN3Cc2ccco2)n(C)c1=O. The first-order valence-electron chi connectivity index (χ1n) is 9.14. The first kappa shape index (κ1) is 18.1. The second-order valence-electron chi connectivity index (χ2n) is 6.63. The molecule has 0 N–H and O–H groups in total. The predicted octanol–water partition coefficient (Wildman–Crippen LogP) is 0.463. The van der Waals surface area contributed by atoms with E-state index in [9.17, 15) is 14.4 Å². The Hall–Kier alpha value is -3.30. The predicted molar refractivity (Wildman–Crippen MR) is 100 cm³/mol. The van der Waals surface area contributed by atoms with Crippen molar-refractivity contribution in [2.45, 2.75) is 33.0 Å². The van der Waals surface area contributed by atoms with Crippen LogP contribution in [0.2, 0.25) is 0 Å². The number of aromatic nitrogens is 4. The van der Waals surface area contributed by atoms with E-state index in [2.05, 4.69) is 4.98 Å². The third kappa shape index (κ3) is 2.90. The average Bonchev–Trinajstić information content (AvgIpc) is 3.32. The van der Waals surface area contributed by atoms with Gasteiger partial charge in [-0.15, -0.1) is 0 Å². The molecule has 0 bridgehead atoms. The smallest absolute Gasteiger partial charge is 0.333 e. The molecule has 0 fully saturated rings. The lowest BCUT2D eigenvalue weighted by Gasteiger charge is -2.28. The van der Waals surface area contributed by atoms with Crippen LogP contribution in [-0.2, 0) is 36.2 Å². The van der Waals surface area contributed by atoms with Gasteiger partial charge in [0.25, 0.3) is 5.56 Å². The Labute approximate surface area is 159 Å². The van der Waals surface area contributed by atoms with Gasteiger partial charge in [-0.3, -0.25) is 14.2 Å². The van der Waals surface area contributed by atoms with Gasteiger partial charge in [0.1, 0.15) is 12.3 Å². The molecule has 28 heavy (non-hydrogen) atoms. The van der Waals surface area contributed by atoms with Gasteiger partial charge in [0, 0.05) is 20.1 Å². The van der Waals surface area contributed by atoms with Crippen molar-refractivity contribution >= 4 is 23.1 Å². The number of aryl methyl sites for hydroxylation is 2. The van der Waals surface area contributed by atoms with E-state index in [4.69, 9.17) is 9.15 Å². The van der Waals surface area contributed by atoms with Gasteiger partial charge in [0.05, 0.1) is 19.4 Å². The minimum atomic E-state index is -0.626. The van der Waals surface area contributed by atoms with Crippen LogP contribution in [0.25, 0.3) is 11.2 Å². The number of carbonyl (C=O) groups excluding carboxylic acids is 1. The number of ether oxygens (including phenoxy) is 1. The lowest BCUT2D eigenvalue weighted by Crippen LogP contribution is -2.42. The van der Waals surface area contributed by atoms with Crippen molar-refractivity contribution in [3.8, 4) is 0 Å². The molecule has 4 rings (SSSR count). The molecular formula is C18H21N5O5. The Morgan fingerprint density at radius 1 is 1.32 bits per heavy atom. The Morgan fingerprint density at radius 2 is 2.14 bits per heavy atom. The minimum absolute atomic E-state index is 0.181. The molecule has 0 radical (unpaired) electrons. The Kier molecular flexibility index (Phi) is 4.54. The summed E-state index contributed by atoms with van der Waals surface area (Å²) in [6, 6.07) is 3.70. The number of carbonyl (C=O) groups is 1. The van der Waals surface area contributed by atoms with E-state index < -0.39 is 23.8 Å². The summed E-state index contributed by atoms with van der Waals surface area (Å²) in [5, 5.41) is 0. The number of fused-ring (bicyclic) bond motifs is 3. The molecule has 0 saturated heterocycles. The zero-order valence-electron chi connectivity index (χ0n) is 15.8. The number of hydrogen-bond donors (Lipinski definition) is 0. The molecule has 1 aliphatic heterocycles. The van der Waals surface area contributed by atoms with Crippen LogP contribution >= 0.6 is 0 Å². The fourth-order valence-corrected chi connectivity index (χ4v) is 3.55. The van der Waals surface area contributed by atoms with Crippen LogP contribution in [0, 0.1) is 0 Å². The molecule has 10 nitrogen and oxygen atoms in total. The molecule has 0 aromatic carbocycles. The number of anilines is 1. The number of furan rings is 1. The molecule has 10 heteroatoms. The van der Waals surface area contributed by atoms with Crippen LogP contribution in [0.1, 0.15) is 19.1 Å². The summed E-state index contributed by atoms with van der Waals surface area (Å²) in [6.45, 7) is 3.30. The average molecular weight is 387 g/mol. The third-order valence-corrected chi connectivity index (χ3v) is 4.82. The summed E-state index contributed by atoms with van der Waals surface area (Å²) in [7, 11) is 1.54. The molecule has 0 saturated carbocycles. The number of nitrogens with zero attached hydrogens (tertiary/aromatic N) is 5. The van der Waals surface area contributed by atoms with E-state index in [1.54, 1.807) is 20.2 Å². The lowest BCUT2D eigenvalue weighted by atomic mass is 10.3. The maximum absolute atomic E-state index is 13.0. The van der Waals surface area contributed by atoms with Crippen LogP contribution in [0.5, 0.6) is 0 Å². The van der Waals surface area contributed by atoms with Gasteiger partial charge in [0.15, 0.2) is 11.2 Å². The van der Waals surface area contributed by atoms with Crippen molar-refractivity contribution in [2.75, 3.05) is 18.1 Å². The highest BCUT2D eigenvalue weighted by Crippen LogP contribution is 2.25. The van der Waals surface area contributed by atoms with Gasteiger partial charge in [-0.25, -0.2) is 9.36 Å². The second kappa shape index (κ2) is 7.02. The lowest BCUT2D eigenvalue weighted by molar-refractivity contribution is -0.143. The highest BCUT2D eigenvalue weighted by Gasteiger charge is 2.27. The fourth-order valence-electron chi connectivity index (χ4n) is 3.55. The van der Waals surface area contributed by atoms with Gasteiger partial charge in [-0.2, -0.15) is 4.98 Å². The largest absolute Gasteiger partial charge is 0.467 e. The van der Waals surface area contributed by atoms with Crippen molar-refractivity contribution in [1.82, 2.24) is 18.7 Å². The molecular weight excluding hydrogens is 366 g/mol. The van der Waals surface area contributed by atoms with Gasteiger partial charge in [-0.05, 0) is 25.5 Å². The first-order chi connectivity index (χ1) is 13.5. The second-order valence-corrected chi connectivity index (χ2v) is 6.63. The minimum Gasteiger partial charge on any atom is -0.467 e. The molecule has 3 aromatic rings. The highest BCUT2D eigenvalue weighted by atomic mass is 16.5. The molecule has 148 valence electrons. The molecule has 0 unspecified atom stereocenters. The monoisotopic (exact) mass is 387 g/mol. The topological polar surface area (TPSA) is 104 Å². The molecule has 3 aromatic heterocycles. The summed E-state index contributed by atoms with van der Waals surface area (Å²) in [5.74, 6) is 0.770. The zero-order valence-corrected chi connectivity index (χ0v) is 15.8. The molecule has 1 aliphatic rings. The van der Waals surface area contributed by atoms with Gasteiger partial charge in [-0.1, -0.05) is 0 Å². The van der Waals surface area contributed by atoms with Crippen LogP contribution < -0.4 is 16.1 Å². The van der Waals surface area contributed by atoms with Gasteiger partial charge in [0.2, 0.25) is 5.95 Å². The van der Waals surface area contributed by atoms with E-state index in [-0.39, 0.29) is 6.61 Å². The van der Waals surface area contributed by atoms with E-state index in [1.165, 1.54) is 4.57 Å². The molecule has 0 atom stereocenters. The summed E-state index contributed by atoms with van der Waals surface area (Å²) in [5.41, 5.74) is -0.523. The van der Waals surface area contributed by atoms with Crippen LogP contribution in [0.15, 0.2) is 32.4 Å². The number of rotatable bonds is 5. The van der Waals surface area contributed by atoms with E-state index in [0.29, 0.717) is 30.2 Å². The van der Waals surface area contributed by atoms with Crippen molar-refractivity contribution in [1.29, 1.82) is 0 Å². The quantitative estimate of drug-likeness (QED) is 0.586. The van der Waals surface area contributed by atoms with E-state index in [0.717, 1.165) is 23.3 Å². The summed E-state index contributed by atoms with van der Waals surface area (Å²) in [4.78, 5) is 44.1. The van der Waals surface area contributed by atoms with Crippen molar-refractivity contribution in [3.63, 3.8) is 0 Å². The maximum Gasteiger partial charge on any atom is 0.333 e. The van der Waals surface area contributed by atoms with E-state index in [1.807, 2.05) is 21.6 Å². The number of hydrogen-bond acceptors (Lipinski definition) is 7. The van der Waals surface area contributed by atoms with Gasteiger partial charge >= 0.3 is 11.7 Å². The zero-order chi connectivity index (χ0) is 19.8. The highest BCUT2D eigenvalue weighted by molar-refractivity contribution is 5.75. The number of esters is 1. The van der Waals surface area contributed by atoms with Crippen LogP contribution in [0.3, 0.4) is 0 Å². The summed E-state index contributed by atoms with van der Waals surface area (Å²) >= 11 is 0. The Bertz CT molecular complexity index is 1140. The summed E-state index contributed by atoms with van der Waals surface area (Å²) in [6.07, 6.45) is 2.43. The molecule has 4 heterocycles. The Morgan fingerprint density at radius 3 is 2.86 bits per heavy atom. The maximum atomic E-state index is 13.0. The Balaban J connectivity index is 1.84. The van der Waals surface area contributed by atoms with Crippen molar-refractivity contribution in [3.05, 3.63) is 45.0 Å². The first-order valence-corrected chi connectivity index (χ1v) is 9.14. The normalized spacial score (nSPS) is 13.7. The summed E-state index contributed by atoms with van der Waals surface area (Å²) < 4.78 is 14.3. The van der Waals surface area contributed by atoms with Gasteiger partial charge < -0.3 is 18.6 Å². The molecule has 0 amide bonds. The van der Waals surface area contributed by atoms with Crippen LogP contribution in [0.4, 0.5) is 5.95 Å². The van der Waals surface area contributed by atoms with Crippen molar-refractivity contribution < 1.29 is 13.9 Å². The van der Waals surface area contributed by atoms with Crippen LogP contribution in [-0.4, -0.2) is 37.8 Å². The van der Waals surface area contributed by atoms with E-state index >= 15 is 0 Å².